The lowest BCUT2D eigenvalue weighted by atomic mass is 10.0. The second-order valence-electron chi connectivity index (χ2n) is 9.63. The predicted octanol–water partition coefficient (Wildman–Crippen LogP) is 10.6. The minimum Gasteiger partial charge on any atom is -0.310 e. The number of thioether (sulfide) groups is 1. The summed E-state index contributed by atoms with van der Waals surface area (Å²) in [6.07, 6.45) is 9.35. The molecule has 0 spiro atoms. The Hall–Kier alpha value is -4.27. The van der Waals surface area contributed by atoms with Crippen molar-refractivity contribution in [2.24, 2.45) is 0 Å². The number of rotatable bonds is 4. The molecule has 5 aromatic rings. The smallest absolute Gasteiger partial charge is 0.0468 e. The van der Waals surface area contributed by atoms with E-state index in [1.165, 1.54) is 37.9 Å². The highest BCUT2D eigenvalue weighted by Crippen LogP contribution is 2.40. The van der Waals surface area contributed by atoms with Crippen LogP contribution in [0.2, 0.25) is 0 Å². The average Bonchev–Trinajstić information content (AvgIpc) is 3.03. The Morgan fingerprint density at radius 3 is 2.11 bits per heavy atom. The summed E-state index contributed by atoms with van der Waals surface area (Å²) in [7, 11) is 0. The Morgan fingerprint density at radius 1 is 0.658 bits per heavy atom. The van der Waals surface area contributed by atoms with Gasteiger partial charge in [-0.1, -0.05) is 109 Å². The molecule has 0 aliphatic carbocycles. The molecule has 0 saturated heterocycles. The summed E-state index contributed by atoms with van der Waals surface area (Å²) in [6, 6.07) is 39.7. The minimum atomic E-state index is 0.881. The number of hydrogen-bond acceptors (Lipinski definition) is 2. The Bertz CT molecular complexity index is 1670. The standard InChI is InChI=1S/C36H29NS/c1-26-12-14-29(15-13-26)30-16-19-33(20-17-30)37(34-21-18-28-9-6-7-10-31(28)24-34)35-22-23-36-32(25-35)11-5-3-4-8-27(2)38-36/h3-10,12-25H,2,11H2,1H3/b5-3-,8-4-. The summed E-state index contributed by atoms with van der Waals surface area (Å²) in [6.45, 7) is 6.33. The van der Waals surface area contributed by atoms with Crippen molar-refractivity contribution in [2.45, 2.75) is 18.2 Å². The van der Waals surface area contributed by atoms with Gasteiger partial charge in [0.1, 0.15) is 0 Å². The fraction of sp³-hybridized carbons (Fsp3) is 0.0556. The fourth-order valence-electron chi connectivity index (χ4n) is 4.89. The van der Waals surface area contributed by atoms with Gasteiger partial charge >= 0.3 is 0 Å². The molecule has 184 valence electrons. The molecule has 5 aromatic carbocycles. The zero-order chi connectivity index (χ0) is 25.9. The molecule has 6 rings (SSSR count). The van der Waals surface area contributed by atoms with Crippen molar-refractivity contribution in [3.8, 4) is 11.1 Å². The Labute approximate surface area is 229 Å². The van der Waals surface area contributed by atoms with Crippen molar-refractivity contribution < 1.29 is 0 Å². The second kappa shape index (κ2) is 10.6. The molecule has 0 fully saturated rings. The highest BCUT2D eigenvalue weighted by Gasteiger charge is 2.16. The molecule has 1 heterocycles. The van der Waals surface area contributed by atoms with Crippen LogP contribution in [0.5, 0.6) is 0 Å². The molecule has 0 atom stereocenters. The van der Waals surface area contributed by atoms with E-state index < -0.39 is 0 Å². The van der Waals surface area contributed by atoms with Gasteiger partial charge in [-0.25, -0.2) is 0 Å². The molecule has 0 aromatic heterocycles. The van der Waals surface area contributed by atoms with Gasteiger partial charge in [-0.15, -0.1) is 0 Å². The first-order valence-corrected chi connectivity index (χ1v) is 13.7. The molecule has 1 aliphatic heterocycles. The molecule has 0 unspecified atom stereocenters. The number of aryl methyl sites for hydroxylation is 1. The van der Waals surface area contributed by atoms with Crippen LogP contribution in [-0.4, -0.2) is 0 Å². The number of fused-ring (bicyclic) bond motifs is 2. The Kier molecular flexibility index (Phi) is 6.73. The zero-order valence-electron chi connectivity index (χ0n) is 21.5. The van der Waals surface area contributed by atoms with Crippen molar-refractivity contribution in [3.05, 3.63) is 156 Å². The molecule has 1 aliphatic rings. The van der Waals surface area contributed by atoms with E-state index in [2.05, 4.69) is 152 Å². The quantitative estimate of drug-likeness (QED) is 0.238. The van der Waals surface area contributed by atoms with Gasteiger partial charge in [0.15, 0.2) is 0 Å². The normalized spacial score (nSPS) is 14.7. The first-order chi connectivity index (χ1) is 18.6. The van der Waals surface area contributed by atoms with Crippen LogP contribution in [0.15, 0.2) is 150 Å². The third kappa shape index (κ3) is 5.09. The van der Waals surface area contributed by atoms with Gasteiger partial charge in [0.25, 0.3) is 0 Å². The summed E-state index contributed by atoms with van der Waals surface area (Å²) in [5, 5.41) is 2.47. The third-order valence-electron chi connectivity index (χ3n) is 6.91. The van der Waals surface area contributed by atoms with Gasteiger partial charge in [-0.3, -0.25) is 0 Å². The van der Waals surface area contributed by atoms with Crippen LogP contribution in [0.25, 0.3) is 21.9 Å². The summed E-state index contributed by atoms with van der Waals surface area (Å²) in [4.78, 5) is 4.66. The number of hydrogen-bond donors (Lipinski definition) is 0. The number of nitrogens with zero attached hydrogens (tertiary/aromatic N) is 1. The van der Waals surface area contributed by atoms with Crippen LogP contribution in [0, 0.1) is 6.92 Å². The molecule has 0 saturated carbocycles. The summed E-state index contributed by atoms with van der Waals surface area (Å²) in [5.74, 6) is 0. The van der Waals surface area contributed by atoms with Gasteiger partial charge in [-0.2, -0.15) is 0 Å². The Morgan fingerprint density at radius 2 is 1.32 bits per heavy atom. The molecule has 0 radical (unpaired) electrons. The van der Waals surface area contributed by atoms with Crippen molar-refractivity contribution >= 4 is 39.6 Å². The van der Waals surface area contributed by atoms with Crippen LogP contribution in [0.3, 0.4) is 0 Å². The van der Waals surface area contributed by atoms with E-state index in [1.807, 2.05) is 0 Å². The lowest BCUT2D eigenvalue weighted by Crippen LogP contribution is -2.10. The zero-order valence-corrected chi connectivity index (χ0v) is 22.3. The topological polar surface area (TPSA) is 3.24 Å². The monoisotopic (exact) mass is 507 g/mol. The lowest BCUT2D eigenvalue weighted by Gasteiger charge is -2.27. The molecule has 1 nitrogen and oxygen atoms in total. The van der Waals surface area contributed by atoms with Crippen molar-refractivity contribution in [1.29, 1.82) is 0 Å². The largest absolute Gasteiger partial charge is 0.310 e. The van der Waals surface area contributed by atoms with Crippen LogP contribution in [0.4, 0.5) is 17.1 Å². The summed E-state index contributed by atoms with van der Waals surface area (Å²) >= 11 is 1.73. The van der Waals surface area contributed by atoms with E-state index in [9.17, 15) is 0 Å². The van der Waals surface area contributed by atoms with E-state index in [0.717, 1.165) is 28.4 Å². The maximum absolute atomic E-state index is 4.21. The first-order valence-electron chi connectivity index (χ1n) is 12.9. The molecule has 2 heteroatoms. The van der Waals surface area contributed by atoms with Crippen molar-refractivity contribution in [1.82, 2.24) is 0 Å². The minimum absolute atomic E-state index is 0.881. The summed E-state index contributed by atoms with van der Waals surface area (Å²) in [5.41, 5.74) is 8.44. The maximum atomic E-state index is 4.21. The maximum Gasteiger partial charge on any atom is 0.0468 e. The van der Waals surface area contributed by atoms with Gasteiger partial charge in [0.2, 0.25) is 0 Å². The van der Waals surface area contributed by atoms with E-state index in [4.69, 9.17) is 0 Å². The van der Waals surface area contributed by atoms with Gasteiger partial charge in [-0.05, 0) is 89.3 Å². The molecule has 0 amide bonds. The molecule has 0 N–H and O–H groups in total. The van der Waals surface area contributed by atoms with E-state index in [1.54, 1.807) is 11.8 Å². The predicted molar refractivity (Wildman–Crippen MR) is 166 cm³/mol. The second-order valence-corrected chi connectivity index (χ2v) is 10.8. The SMILES string of the molecule is C=C1/C=C\C=C/Cc2cc(N(c3ccc(-c4ccc(C)cc4)cc3)c3ccc4ccccc4c3)ccc2S1. The highest BCUT2D eigenvalue weighted by atomic mass is 32.2. The number of benzene rings is 5. The van der Waals surface area contributed by atoms with Crippen molar-refractivity contribution in [3.63, 3.8) is 0 Å². The van der Waals surface area contributed by atoms with Gasteiger partial charge in [0, 0.05) is 26.9 Å². The van der Waals surface area contributed by atoms with Crippen molar-refractivity contribution in [2.75, 3.05) is 4.90 Å². The summed E-state index contributed by atoms with van der Waals surface area (Å²) < 4.78 is 0. The number of allylic oxidation sites excluding steroid dienone is 4. The fourth-order valence-corrected chi connectivity index (χ4v) is 5.73. The molecular weight excluding hydrogens is 478 g/mol. The Balaban J connectivity index is 1.45. The lowest BCUT2D eigenvalue weighted by molar-refractivity contribution is 1.16. The van der Waals surface area contributed by atoms with Crippen LogP contribution < -0.4 is 4.90 Å². The first kappa shape index (κ1) is 24.1. The molecular formula is C36H29NS. The van der Waals surface area contributed by atoms with E-state index in [-0.39, 0.29) is 0 Å². The average molecular weight is 508 g/mol. The molecule has 0 bridgehead atoms. The van der Waals surface area contributed by atoms with Crippen LogP contribution in [-0.2, 0) is 6.42 Å². The third-order valence-corrected chi connectivity index (χ3v) is 7.93. The van der Waals surface area contributed by atoms with E-state index >= 15 is 0 Å². The molecule has 38 heavy (non-hydrogen) atoms. The van der Waals surface area contributed by atoms with Gasteiger partial charge in [0.05, 0.1) is 0 Å². The van der Waals surface area contributed by atoms with Crippen LogP contribution in [0.1, 0.15) is 11.1 Å². The van der Waals surface area contributed by atoms with E-state index in [0.29, 0.717) is 0 Å². The van der Waals surface area contributed by atoms with Crippen LogP contribution >= 0.6 is 11.8 Å². The van der Waals surface area contributed by atoms with Gasteiger partial charge < -0.3 is 4.90 Å². The number of anilines is 3. The highest BCUT2D eigenvalue weighted by molar-refractivity contribution is 8.03.